The van der Waals surface area contributed by atoms with E-state index >= 15 is 0 Å². The fourth-order valence-corrected chi connectivity index (χ4v) is 6.19. The Labute approximate surface area is 124 Å². The van der Waals surface area contributed by atoms with Crippen molar-refractivity contribution in [3.05, 3.63) is 35.4 Å². The van der Waals surface area contributed by atoms with E-state index in [2.05, 4.69) is 47.1 Å². The molecule has 2 nitrogen and oxygen atoms in total. The summed E-state index contributed by atoms with van der Waals surface area (Å²) in [6, 6.07) is 8.36. The maximum atomic E-state index is 12.1. The maximum absolute atomic E-state index is 12.1. The zero-order chi connectivity index (χ0) is 13.9. The lowest BCUT2D eigenvalue weighted by molar-refractivity contribution is 0.537. The summed E-state index contributed by atoms with van der Waals surface area (Å²) in [5.41, 5.74) is 2.40. The Balaban J connectivity index is 2.16. The molecule has 0 saturated carbocycles. The van der Waals surface area contributed by atoms with E-state index in [0.717, 1.165) is 37.7 Å². The molecule has 1 aromatic rings. The van der Waals surface area contributed by atoms with Crippen LogP contribution in [0, 0.1) is 0 Å². The lowest BCUT2D eigenvalue weighted by Crippen LogP contribution is -2.31. The predicted molar refractivity (Wildman–Crippen MR) is 83.5 cm³/mol. The summed E-state index contributed by atoms with van der Waals surface area (Å²) >= 11 is 3.61. The van der Waals surface area contributed by atoms with Crippen molar-refractivity contribution in [2.75, 3.05) is 5.75 Å². The van der Waals surface area contributed by atoms with Crippen molar-refractivity contribution >= 4 is 25.8 Å². The minimum Gasteiger partial charge on any atom is -0.228 e. The van der Waals surface area contributed by atoms with Gasteiger partial charge >= 0.3 is 0 Å². The maximum Gasteiger partial charge on any atom is 0.154 e. The molecule has 1 saturated heterocycles. The van der Waals surface area contributed by atoms with Crippen molar-refractivity contribution in [3.8, 4) is 0 Å². The minimum absolute atomic E-state index is 0.0755. The average molecular weight is 345 g/mol. The van der Waals surface area contributed by atoms with Gasteiger partial charge in [-0.1, -0.05) is 60.0 Å². The van der Waals surface area contributed by atoms with Gasteiger partial charge < -0.3 is 0 Å². The lowest BCUT2D eigenvalue weighted by Gasteiger charge is -2.26. The first-order valence-electron chi connectivity index (χ1n) is 6.99. The van der Waals surface area contributed by atoms with Crippen LogP contribution in [0.5, 0.6) is 0 Å². The van der Waals surface area contributed by atoms with Crippen molar-refractivity contribution in [1.29, 1.82) is 0 Å². The van der Waals surface area contributed by atoms with Gasteiger partial charge in [0.1, 0.15) is 0 Å². The number of aryl methyl sites for hydroxylation is 1. The third-order valence-corrected chi connectivity index (χ3v) is 7.60. The van der Waals surface area contributed by atoms with E-state index < -0.39 is 9.84 Å². The summed E-state index contributed by atoms with van der Waals surface area (Å²) in [5.74, 6) is 0.341. The van der Waals surface area contributed by atoms with Crippen molar-refractivity contribution in [1.82, 2.24) is 0 Å². The third kappa shape index (κ3) is 3.60. The number of halogens is 1. The molecule has 0 bridgehead atoms. The van der Waals surface area contributed by atoms with Crippen LogP contribution in [0.15, 0.2) is 24.3 Å². The summed E-state index contributed by atoms with van der Waals surface area (Å²) in [7, 11) is -2.94. The van der Waals surface area contributed by atoms with E-state index in [0.29, 0.717) is 5.75 Å². The van der Waals surface area contributed by atoms with Crippen LogP contribution in [-0.4, -0.2) is 19.4 Å². The second kappa shape index (κ2) is 6.40. The summed E-state index contributed by atoms with van der Waals surface area (Å²) < 4.78 is 24.3. The normalized spacial score (nSPS) is 24.0. The molecule has 1 aliphatic heterocycles. The Hall–Kier alpha value is -0.350. The van der Waals surface area contributed by atoms with Crippen molar-refractivity contribution in [2.24, 2.45) is 0 Å². The predicted octanol–water partition coefficient (Wildman–Crippen LogP) is 4.04. The standard InChI is InChI=1S/C15H21BrO2S/c1-2-5-12-7-9-13(10-8-12)15(16)14-6-3-4-11-19(14,17)18/h7-10,14-15H,2-6,11H2,1H3. The molecule has 0 radical (unpaired) electrons. The molecular formula is C15H21BrO2S. The monoisotopic (exact) mass is 344 g/mol. The first-order chi connectivity index (χ1) is 9.04. The molecule has 1 aromatic carbocycles. The van der Waals surface area contributed by atoms with Crippen molar-refractivity contribution in [2.45, 2.75) is 49.1 Å². The molecule has 106 valence electrons. The van der Waals surface area contributed by atoms with Gasteiger partial charge in [0.2, 0.25) is 0 Å². The Kier molecular flexibility index (Phi) is 5.07. The van der Waals surface area contributed by atoms with Gasteiger partial charge in [0.25, 0.3) is 0 Å². The molecular weight excluding hydrogens is 324 g/mol. The number of rotatable bonds is 4. The molecule has 1 fully saturated rings. The van der Waals surface area contributed by atoms with Gasteiger partial charge in [-0.15, -0.1) is 0 Å². The highest BCUT2D eigenvalue weighted by atomic mass is 79.9. The van der Waals surface area contributed by atoms with Crippen LogP contribution in [-0.2, 0) is 16.3 Å². The van der Waals surface area contributed by atoms with Crippen molar-refractivity contribution in [3.63, 3.8) is 0 Å². The molecule has 19 heavy (non-hydrogen) atoms. The topological polar surface area (TPSA) is 34.1 Å². The van der Waals surface area contributed by atoms with Gasteiger partial charge in [0, 0.05) is 0 Å². The van der Waals surface area contributed by atoms with Crippen LogP contribution in [0.25, 0.3) is 0 Å². The molecule has 2 rings (SSSR count). The van der Waals surface area contributed by atoms with Crippen LogP contribution < -0.4 is 0 Å². The molecule has 1 aliphatic rings. The minimum atomic E-state index is -2.94. The highest BCUT2D eigenvalue weighted by molar-refractivity contribution is 9.09. The smallest absolute Gasteiger partial charge is 0.154 e. The van der Waals surface area contributed by atoms with Gasteiger partial charge in [-0.2, -0.15) is 0 Å². The fourth-order valence-electron chi connectivity index (χ4n) is 2.68. The van der Waals surface area contributed by atoms with E-state index in [4.69, 9.17) is 0 Å². The molecule has 0 aromatic heterocycles. The number of hydrogen-bond donors (Lipinski definition) is 0. The molecule has 0 amide bonds. The lowest BCUT2D eigenvalue weighted by atomic mass is 10.0. The van der Waals surface area contributed by atoms with Gasteiger partial charge in [-0.05, 0) is 30.4 Å². The molecule has 1 heterocycles. The molecule has 2 unspecified atom stereocenters. The number of benzene rings is 1. The summed E-state index contributed by atoms with van der Waals surface area (Å²) in [6.45, 7) is 2.16. The summed E-state index contributed by atoms with van der Waals surface area (Å²) in [5, 5.41) is -0.265. The second-order valence-corrected chi connectivity index (χ2v) is 8.62. The third-order valence-electron chi connectivity index (χ3n) is 3.79. The Morgan fingerprint density at radius 1 is 1.26 bits per heavy atom. The Morgan fingerprint density at radius 2 is 1.95 bits per heavy atom. The molecule has 2 atom stereocenters. The molecule has 0 N–H and O–H groups in total. The highest BCUT2D eigenvalue weighted by Gasteiger charge is 2.34. The number of sulfone groups is 1. The Bertz CT molecular complexity index is 507. The highest BCUT2D eigenvalue weighted by Crippen LogP contribution is 2.36. The zero-order valence-corrected chi connectivity index (χ0v) is 13.7. The largest absolute Gasteiger partial charge is 0.228 e. The second-order valence-electron chi connectivity index (χ2n) is 5.29. The van der Waals surface area contributed by atoms with E-state index in [1.807, 2.05) is 0 Å². The average Bonchev–Trinajstić information content (AvgIpc) is 2.39. The zero-order valence-electron chi connectivity index (χ0n) is 11.3. The van der Waals surface area contributed by atoms with Gasteiger partial charge in [0.05, 0.1) is 15.8 Å². The molecule has 0 spiro atoms. The van der Waals surface area contributed by atoms with E-state index in [1.54, 1.807) is 0 Å². The van der Waals surface area contributed by atoms with E-state index in [-0.39, 0.29) is 10.1 Å². The number of hydrogen-bond acceptors (Lipinski definition) is 2. The van der Waals surface area contributed by atoms with Crippen molar-refractivity contribution < 1.29 is 8.42 Å². The quantitative estimate of drug-likeness (QED) is 0.772. The van der Waals surface area contributed by atoms with Crippen LogP contribution in [0.4, 0.5) is 0 Å². The van der Waals surface area contributed by atoms with E-state index in [9.17, 15) is 8.42 Å². The first kappa shape index (κ1) is 15.0. The SMILES string of the molecule is CCCc1ccc(C(Br)C2CCCCS2(=O)=O)cc1. The fraction of sp³-hybridized carbons (Fsp3) is 0.600. The molecule has 0 aliphatic carbocycles. The molecule has 4 heteroatoms. The Morgan fingerprint density at radius 3 is 2.53 bits per heavy atom. The van der Waals surface area contributed by atoms with Crippen LogP contribution >= 0.6 is 15.9 Å². The van der Waals surface area contributed by atoms with Crippen LogP contribution in [0.2, 0.25) is 0 Å². The summed E-state index contributed by atoms with van der Waals surface area (Å²) in [6.07, 6.45) is 4.81. The van der Waals surface area contributed by atoms with Gasteiger partial charge in [-0.25, -0.2) is 8.42 Å². The van der Waals surface area contributed by atoms with Crippen LogP contribution in [0.1, 0.15) is 48.6 Å². The van der Waals surface area contributed by atoms with Crippen LogP contribution in [0.3, 0.4) is 0 Å². The first-order valence-corrected chi connectivity index (χ1v) is 9.62. The van der Waals surface area contributed by atoms with Gasteiger partial charge in [0.15, 0.2) is 9.84 Å². The summed E-state index contributed by atoms with van der Waals surface area (Å²) in [4.78, 5) is -0.0755. The van der Waals surface area contributed by atoms with Gasteiger partial charge in [-0.3, -0.25) is 0 Å². The van der Waals surface area contributed by atoms with E-state index in [1.165, 1.54) is 5.56 Å². The number of alkyl halides is 1.